The number of hydrogen-bond acceptors (Lipinski definition) is 4. The van der Waals surface area contributed by atoms with Gasteiger partial charge in [-0.05, 0) is 78.7 Å². The molecule has 1 saturated carbocycles. The first-order chi connectivity index (χ1) is 21.7. The number of nitrogens with zero attached hydrogens (tertiary/aromatic N) is 1. The summed E-state index contributed by atoms with van der Waals surface area (Å²) >= 11 is 0. The predicted octanol–water partition coefficient (Wildman–Crippen LogP) is 6.69. The van der Waals surface area contributed by atoms with E-state index >= 15 is 0 Å². The molecule has 234 valence electrons. The fourth-order valence-electron chi connectivity index (χ4n) is 5.51. The minimum absolute atomic E-state index is 0.231. The zero-order valence-electron chi connectivity index (χ0n) is 24.8. The van der Waals surface area contributed by atoms with Gasteiger partial charge < -0.3 is 10.6 Å². The molecular formula is C36H37F3N4O2. The lowest BCUT2D eigenvalue weighted by atomic mass is 10.0. The highest BCUT2D eigenvalue weighted by Gasteiger charge is 2.37. The summed E-state index contributed by atoms with van der Waals surface area (Å²) in [5.41, 5.74) is 3.10. The summed E-state index contributed by atoms with van der Waals surface area (Å²) in [6.45, 7) is 0.533. The molecule has 1 aliphatic rings. The summed E-state index contributed by atoms with van der Waals surface area (Å²) < 4.78 is 39.7. The van der Waals surface area contributed by atoms with Gasteiger partial charge in [0.25, 0.3) is 11.8 Å². The van der Waals surface area contributed by atoms with Crippen LogP contribution >= 0.6 is 0 Å². The lowest BCUT2D eigenvalue weighted by Gasteiger charge is -2.25. The number of rotatable bonds is 13. The van der Waals surface area contributed by atoms with Crippen molar-refractivity contribution in [1.82, 2.24) is 15.6 Å². The van der Waals surface area contributed by atoms with E-state index < -0.39 is 29.6 Å². The third-order valence-corrected chi connectivity index (χ3v) is 8.09. The van der Waals surface area contributed by atoms with Crippen LogP contribution in [0.2, 0.25) is 0 Å². The second kappa shape index (κ2) is 14.5. The minimum atomic E-state index is -4.51. The number of unbranched alkanes of at least 4 members (excludes halogenated alkanes) is 1. The number of hydrogen-bond donors (Lipinski definition) is 3. The number of amides is 2. The van der Waals surface area contributed by atoms with Crippen molar-refractivity contribution in [3.05, 3.63) is 131 Å². The Bertz CT molecular complexity index is 1560. The maximum Gasteiger partial charge on any atom is 0.416 e. The van der Waals surface area contributed by atoms with Crippen molar-refractivity contribution in [3.8, 4) is 11.1 Å². The van der Waals surface area contributed by atoms with E-state index in [9.17, 15) is 22.8 Å². The molecule has 0 aromatic heterocycles. The molecule has 4 N–H and O–H groups in total. The second-order valence-electron chi connectivity index (χ2n) is 11.4. The molecule has 1 fully saturated rings. The van der Waals surface area contributed by atoms with Gasteiger partial charge in [-0.2, -0.15) is 13.2 Å². The summed E-state index contributed by atoms with van der Waals surface area (Å²) in [4.78, 5) is 26.7. The van der Waals surface area contributed by atoms with Gasteiger partial charge in [-0.1, -0.05) is 84.9 Å². The Balaban J connectivity index is 1.20. The van der Waals surface area contributed by atoms with E-state index in [1.165, 1.54) is 17.7 Å². The van der Waals surface area contributed by atoms with Gasteiger partial charge in [0.15, 0.2) is 0 Å². The highest BCUT2D eigenvalue weighted by atomic mass is 19.4. The Morgan fingerprint density at radius 1 is 0.844 bits per heavy atom. The molecule has 6 nitrogen and oxygen atoms in total. The van der Waals surface area contributed by atoms with Crippen molar-refractivity contribution in [3.63, 3.8) is 0 Å². The molecule has 0 radical (unpaired) electrons. The van der Waals surface area contributed by atoms with E-state index in [2.05, 4.69) is 22.8 Å². The fraction of sp³-hybridized carbons (Fsp3) is 0.278. The van der Waals surface area contributed by atoms with Crippen LogP contribution in [0.25, 0.3) is 11.1 Å². The number of halogens is 3. The van der Waals surface area contributed by atoms with Crippen LogP contribution in [0.15, 0.2) is 109 Å². The summed E-state index contributed by atoms with van der Waals surface area (Å²) in [5, 5.41) is 7.27. The van der Waals surface area contributed by atoms with Crippen LogP contribution in [0.4, 0.5) is 13.2 Å². The van der Waals surface area contributed by atoms with E-state index in [1.807, 2.05) is 60.7 Å². The van der Waals surface area contributed by atoms with Crippen LogP contribution in [0.1, 0.15) is 58.6 Å². The lowest BCUT2D eigenvalue weighted by molar-refractivity contribution is -0.137. The number of carbonyl (C=O) groups is 2. The monoisotopic (exact) mass is 614 g/mol. The molecule has 1 aliphatic carbocycles. The van der Waals surface area contributed by atoms with Crippen molar-refractivity contribution >= 4 is 11.8 Å². The molecule has 4 aromatic carbocycles. The van der Waals surface area contributed by atoms with Gasteiger partial charge in [-0.15, -0.1) is 0 Å². The Morgan fingerprint density at radius 3 is 2.20 bits per heavy atom. The number of hydrazine groups is 1. The first-order valence-electron chi connectivity index (χ1n) is 15.2. The van der Waals surface area contributed by atoms with Crippen LogP contribution in [0.3, 0.4) is 0 Å². The fourth-order valence-corrected chi connectivity index (χ4v) is 5.51. The van der Waals surface area contributed by atoms with E-state index in [4.69, 9.17) is 5.84 Å². The van der Waals surface area contributed by atoms with Gasteiger partial charge in [0.2, 0.25) is 0 Å². The third-order valence-electron chi connectivity index (χ3n) is 8.09. The van der Waals surface area contributed by atoms with Crippen LogP contribution < -0.4 is 16.5 Å². The molecule has 45 heavy (non-hydrogen) atoms. The maximum absolute atomic E-state index is 13.5. The summed E-state index contributed by atoms with van der Waals surface area (Å²) in [7, 11) is 0. The zero-order valence-corrected chi connectivity index (χ0v) is 24.8. The molecular weight excluding hydrogens is 577 g/mol. The Labute approximate surface area is 261 Å². The standard InChI is InChI=1S/C36H37F3N4O2/c37-36(38,39)30-15-9-10-25(22-30)24-43(40)35(45)32(16-7-8-21-41-33-23-31(33)28-13-5-2-6-14-28)42-34(44)29-19-17-27(18-20-29)26-11-3-1-4-12-26/h1-6,9-15,17-20,22,31-33,41H,7-8,16,21,23-24,40H2,(H,42,44)/t31-,32-,33+/m0/s1. The zero-order chi connectivity index (χ0) is 31.8. The van der Waals surface area contributed by atoms with Crippen molar-refractivity contribution in [2.45, 2.75) is 56.4 Å². The Kier molecular flexibility index (Phi) is 10.3. The lowest BCUT2D eigenvalue weighted by Crippen LogP contribution is -2.51. The molecule has 0 unspecified atom stereocenters. The van der Waals surface area contributed by atoms with Crippen molar-refractivity contribution in [1.29, 1.82) is 0 Å². The highest BCUT2D eigenvalue weighted by molar-refractivity contribution is 5.97. The average Bonchev–Trinajstić information content (AvgIpc) is 3.84. The number of carbonyl (C=O) groups excluding carboxylic acids is 2. The summed E-state index contributed by atoms with van der Waals surface area (Å²) in [6.07, 6.45) is -1.68. The SMILES string of the molecule is NN(Cc1cccc(C(F)(F)F)c1)C(=O)[C@H](CCCCN[C@@H]1C[C@H]1c1ccccc1)NC(=O)c1ccc(-c2ccccc2)cc1. The van der Waals surface area contributed by atoms with E-state index in [0.717, 1.165) is 47.7 Å². The van der Waals surface area contributed by atoms with Crippen molar-refractivity contribution in [2.24, 2.45) is 5.84 Å². The molecule has 0 heterocycles. The second-order valence-corrected chi connectivity index (χ2v) is 11.4. The van der Waals surface area contributed by atoms with Gasteiger partial charge in [-0.3, -0.25) is 14.6 Å². The summed E-state index contributed by atoms with van der Waals surface area (Å²) in [5.74, 6) is 5.61. The number of benzene rings is 4. The number of alkyl halides is 3. The first-order valence-corrected chi connectivity index (χ1v) is 15.2. The van der Waals surface area contributed by atoms with Gasteiger partial charge in [-0.25, -0.2) is 5.84 Å². The molecule has 2 amide bonds. The smallest absolute Gasteiger partial charge is 0.340 e. The molecule has 9 heteroatoms. The molecule has 0 saturated heterocycles. The van der Waals surface area contributed by atoms with E-state index in [-0.39, 0.29) is 12.1 Å². The Morgan fingerprint density at radius 2 is 1.51 bits per heavy atom. The van der Waals surface area contributed by atoms with Crippen LogP contribution in [0, 0.1) is 0 Å². The molecule has 5 rings (SSSR count). The van der Waals surface area contributed by atoms with E-state index in [1.54, 1.807) is 12.1 Å². The Hall–Kier alpha value is -4.47. The minimum Gasteiger partial charge on any atom is -0.340 e. The molecule has 4 aromatic rings. The average molecular weight is 615 g/mol. The maximum atomic E-state index is 13.5. The molecule has 0 spiro atoms. The third kappa shape index (κ3) is 8.80. The quantitative estimate of drug-likeness (QED) is 0.0678. The van der Waals surface area contributed by atoms with Crippen molar-refractivity contribution < 1.29 is 22.8 Å². The highest BCUT2D eigenvalue weighted by Crippen LogP contribution is 2.40. The summed E-state index contributed by atoms with van der Waals surface area (Å²) in [6, 6.07) is 31.4. The van der Waals surface area contributed by atoms with Gasteiger partial charge in [0.05, 0.1) is 12.1 Å². The van der Waals surface area contributed by atoms with Crippen LogP contribution in [0.5, 0.6) is 0 Å². The largest absolute Gasteiger partial charge is 0.416 e. The normalized spacial score (nSPS) is 16.5. The topological polar surface area (TPSA) is 87.5 Å². The number of nitrogens with one attached hydrogen (secondary N) is 2. The number of nitrogens with two attached hydrogens (primary N) is 1. The van der Waals surface area contributed by atoms with Gasteiger partial charge in [0, 0.05) is 17.5 Å². The first kappa shape index (κ1) is 31.9. The molecule has 3 atom stereocenters. The van der Waals surface area contributed by atoms with E-state index in [0.29, 0.717) is 30.4 Å². The van der Waals surface area contributed by atoms with Crippen molar-refractivity contribution in [2.75, 3.05) is 6.54 Å². The van der Waals surface area contributed by atoms with Crippen LogP contribution in [-0.4, -0.2) is 35.5 Å². The molecule has 0 bridgehead atoms. The van der Waals surface area contributed by atoms with Crippen LogP contribution in [-0.2, 0) is 17.5 Å². The van der Waals surface area contributed by atoms with Gasteiger partial charge >= 0.3 is 6.18 Å². The predicted molar refractivity (Wildman–Crippen MR) is 169 cm³/mol. The molecule has 0 aliphatic heterocycles. The van der Waals surface area contributed by atoms with Gasteiger partial charge in [0.1, 0.15) is 6.04 Å².